The highest BCUT2D eigenvalue weighted by atomic mass is 32.1. The Kier molecular flexibility index (Phi) is 5.94. The third-order valence-corrected chi connectivity index (χ3v) is 3.54. The normalized spacial score (nSPS) is 11.5. The number of benzene rings is 2. The second-order valence-electron chi connectivity index (χ2n) is 5.03. The van der Waals surface area contributed by atoms with E-state index in [2.05, 4.69) is 5.32 Å². The molecule has 120 valence electrons. The number of rotatable bonds is 7. The molecule has 0 unspecified atom stereocenters. The summed E-state index contributed by atoms with van der Waals surface area (Å²) < 4.78 is 5.70. The predicted octanol–water partition coefficient (Wildman–Crippen LogP) is 2.73. The largest absolute Gasteiger partial charge is 0.489 e. The van der Waals surface area contributed by atoms with Gasteiger partial charge < -0.3 is 20.9 Å². The summed E-state index contributed by atoms with van der Waals surface area (Å²) in [5, 5.41) is 11.1. The number of carbonyl (C=O) groups is 1. The maximum Gasteiger partial charge on any atom is 0.405 e. The highest BCUT2D eigenvalue weighted by Gasteiger charge is 2.15. The molecule has 23 heavy (non-hydrogen) atoms. The van der Waals surface area contributed by atoms with Gasteiger partial charge in [0.1, 0.15) is 12.4 Å². The predicted molar refractivity (Wildman–Crippen MR) is 92.7 cm³/mol. The van der Waals surface area contributed by atoms with Crippen molar-refractivity contribution in [3.8, 4) is 5.75 Å². The van der Waals surface area contributed by atoms with Gasteiger partial charge in [0.15, 0.2) is 0 Å². The molecule has 0 spiro atoms. The quantitative estimate of drug-likeness (QED) is 0.680. The lowest BCUT2D eigenvalue weighted by Gasteiger charge is -2.15. The molecule has 0 aliphatic carbocycles. The average Bonchev–Trinajstić information content (AvgIpc) is 2.54. The van der Waals surface area contributed by atoms with Crippen molar-refractivity contribution in [3.05, 3.63) is 65.7 Å². The van der Waals surface area contributed by atoms with Crippen LogP contribution >= 0.6 is 12.2 Å². The van der Waals surface area contributed by atoms with E-state index in [1.165, 1.54) is 0 Å². The molecule has 0 aliphatic rings. The number of nitrogens with one attached hydrogen (secondary N) is 1. The first-order valence-corrected chi connectivity index (χ1v) is 7.50. The number of hydrogen-bond donors (Lipinski definition) is 3. The van der Waals surface area contributed by atoms with E-state index in [1.807, 2.05) is 54.6 Å². The summed E-state index contributed by atoms with van der Waals surface area (Å²) in [4.78, 5) is 10.9. The fraction of sp³-hybridized carbons (Fsp3) is 0.176. The van der Waals surface area contributed by atoms with Gasteiger partial charge in [-0.15, -0.1) is 0 Å². The Balaban J connectivity index is 1.93. The number of hydrogen-bond acceptors (Lipinski definition) is 3. The molecule has 1 amide bonds. The Labute approximate surface area is 140 Å². The molecular weight excluding hydrogens is 312 g/mol. The topological polar surface area (TPSA) is 84.6 Å². The average molecular weight is 330 g/mol. The minimum atomic E-state index is -1.15. The summed E-state index contributed by atoms with van der Waals surface area (Å²) >= 11 is 4.88. The summed E-state index contributed by atoms with van der Waals surface area (Å²) in [5.41, 5.74) is 7.57. The Bertz CT molecular complexity index is 659. The van der Waals surface area contributed by atoms with Crippen LogP contribution in [0, 0.1) is 0 Å². The van der Waals surface area contributed by atoms with Crippen molar-refractivity contribution in [2.24, 2.45) is 5.73 Å². The number of amides is 1. The van der Waals surface area contributed by atoms with E-state index in [0.29, 0.717) is 13.0 Å². The van der Waals surface area contributed by atoms with Gasteiger partial charge in [0.05, 0.1) is 11.0 Å². The zero-order valence-electron chi connectivity index (χ0n) is 12.4. The van der Waals surface area contributed by atoms with Crippen LogP contribution in [0.3, 0.4) is 0 Å². The third-order valence-electron chi connectivity index (χ3n) is 3.25. The molecule has 0 aromatic heterocycles. The maximum atomic E-state index is 10.7. The number of carboxylic acid groups (broad SMARTS) is 1. The van der Waals surface area contributed by atoms with Crippen LogP contribution in [0.1, 0.15) is 11.1 Å². The molecule has 2 aromatic carbocycles. The fourth-order valence-electron chi connectivity index (χ4n) is 2.07. The molecular formula is C17H18N2O3S. The second-order valence-corrected chi connectivity index (χ2v) is 5.50. The number of ether oxygens (including phenoxy) is 1. The molecule has 0 saturated heterocycles. The van der Waals surface area contributed by atoms with Crippen molar-refractivity contribution in [2.45, 2.75) is 19.1 Å². The summed E-state index contributed by atoms with van der Waals surface area (Å²) in [5.74, 6) is 0.746. The standard InChI is InChI=1S/C17H18N2O3S/c18-16(23)15(19-17(20)21)10-12-6-8-14(9-7-12)22-11-13-4-2-1-3-5-13/h1-9,15,19H,10-11H2,(H2,18,23)(H,20,21)/t15-/m0/s1. The molecule has 0 fully saturated rings. The molecule has 5 nitrogen and oxygen atoms in total. The molecule has 4 N–H and O–H groups in total. The molecule has 0 aliphatic heterocycles. The second kappa shape index (κ2) is 8.14. The molecule has 2 rings (SSSR count). The van der Waals surface area contributed by atoms with Gasteiger partial charge in [-0.25, -0.2) is 4.79 Å². The third kappa shape index (κ3) is 5.60. The smallest absolute Gasteiger partial charge is 0.405 e. The SMILES string of the molecule is NC(=S)[C@H](Cc1ccc(OCc2ccccc2)cc1)NC(=O)O. The molecule has 0 bridgehead atoms. The van der Waals surface area contributed by atoms with Gasteiger partial charge in [0.25, 0.3) is 0 Å². The minimum Gasteiger partial charge on any atom is -0.489 e. The maximum absolute atomic E-state index is 10.7. The Morgan fingerprint density at radius 3 is 2.35 bits per heavy atom. The van der Waals surface area contributed by atoms with Crippen molar-refractivity contribution in [1.29, 1.82) is 0 Å². The van der Waals surface area contributed by atoms with Crippen LogP contribution in [-0.2, 0) is 13.0 Å². The fourth-order valence-corrected chi connectivity index (χ4v) is 2.21. The first-order valence-electron chi connectivity index (χ1n) is 7.09. The summed E-state index contributed by atoms with van der Waals surface area (Å²) in [6, 6.07) is 16.7. The highest BCUT2D eigenvalue weighted by molar-refractivity contribution is 7.80. The summed E-state index contributed by atoms with van der Waals surface area (Å²) in [7, 11) is 0. The van der Waals surface area contributed by atoms with Crippen LogP contribution in [-0.4, -0.2) is 22.2 Å². The van der Waals surface area contributed by atoms with E-state index in [0.717, 1.165) is 16.9 Å². The van der Waals surface area contributed by atoms with Crippen molar-refractivity contribution in [1.82, 2.24) is 5.32 Å². The van der Waals surface area contributed by atoms with E-state index in [-0.39, 0.29) is 4.99 Å². The van der Waals surface area contributed by atoms with Crippen molar-refractivity contribution < 1.29 is 14.6 Å². The number of nitrogens with two attached hydrogens (primary N) is 1. The lowest BCUT2D eigenvalue weighted by molar-refractivity contribution is 0.192. The van der Waals surface area contributed by atoms with Crippen molar-refractivity contribution >= 4 is 23.3 Å². The molecule has 6 heteroatoms. The van der Waals surface area contributed by atoms with E-state index in [9.17, 15) is 4.79 Å². The van der Waals surface area contributed by atoms with Gasteiger partial charge in [-0.1, -0.05) is 54.7 Å². The summed E-state index contributed by atoms with van der Waals surface area (Å²) in [6.45, 7) is 0.496. The van der Waals surface area contributed by atoms with Gasteiger partial charge in [-0.3, -0.25) is 0 Å². The van der Waals surface area contributed by atoms with E-state index >= 15 is 0 Å². The Morgan fingerprint density at radius 1 is 1.13 bits per heavy atom. The Hall–Kier alpha value is -2.60. The molecule has 0 heterocycles. The van der Waals surface area contributed by atoms with E-state index in [4.69, 9.17) is 27.8 Å². The number of thiocarbonyl (C=S) groups is 1. The van der Waals surface area contributed by atoms with Gasteiger partial charge in [-0.05, 0) is 29.7 Å². The molecule has 0 saturated carbocycles. The van der Waals surface area contributed by atoms with Crippen LogP contribution in [0.2, 0.25) is 0 Å². The van der Waals surface area contributed by atoms with Crippen molar-refractivity contribution in [3.63, 3.8) is 0 Å². The van der Waals surface area contributed by atoms with Crippen LogP contribution in [0.4, 0.5) is 4.79 Å². The van der Waals surface area contributed by atoms with Gasteiger partial charge in [0.2, 0.25) is 0 Å². The zero-order valence-corrected chi connectivity index (χ0v) is 13.3. The minimum absolute atomic E-state index is 0.122. The lowest BCUT2D eigenvalue weighted by Crippen LogP contribution is -2.44. The monoisotopic (exact) mass is 330 g/mol. The molecule has 1 atom stereocenters. The first kappa shape index (κ1) is 16.8. The van der Waals surface area contributed by atoms with Crippen molar-refractivity contribution in [2.75, 3.05) is 0 Å². The van der Waals surface area contributed by atoms with Gasteiger partial charge in [-0.2, -0.15) is 0 Å². The van der Waals surface area contributed by atoms with Crippen LogP contribution in [0.25, 0.3) is 0 Å². The first-order chi connectivity index (χ1) is 11.0. The zero-order chi connectivity index (χ0) is 16.7. The lowest BCUT2D eigenvalue weighted by atomic mass is 10.1. The van der Waals surface area contributed by atoms with Crippen LogP contribution < -0.4 is 15.8 Å². The molecule has 2 aromatic rings. The van der Waals surface area contributed by atoms with Crippen LogP contribution in [0.15, 0.2) is 54.6 Å². The summed E-state index contributed by atoms with van der Waals surface area (Å²) in [6.07, 6.45) is -0.744. The van der Waals surface area contributed by atoms with Gasteiger partial charge in [0, 0.05) is 0 Å². The van der Waals surface area contributed by atoms with Crippen LogP contribution in [0.5, 0.6) is 5.75 Å². The van der Waals surface area contributed by atoms with Gasteiger partial charge >= 0.3 is 6.09 Å². The molecule has 0 radical (unpaired) electrons. The Morgan fingerprint density at radius 2 is 1.78 bits per heavy atom. The van der Waals surface area contributed by atoms with E-state index < -0.39 is 12.1 Å². The van der Waals surface area contributed by atoms with E-state index in [1.54, 1.807) is 0 Å². The highest BCUT2D eigenvalue weighted by Crippen LogP contribution is 2.15.